The second kappa shape index (κ2) is 10.3. The van der Waals surface area contributed by atoms with Crippen molar-refractivity contribution in [3.8, 4) is 22.3 Å². The van der Waals surface area contributed by atoms with Gasteiger partial charge in [0.1, 0.15) is 0 Å². The van der Waals surface area contributed by atoms with E-state index in [-0.39, 0.29) is 0 Å². The van der Waals surface area contributed by atoms with Crippen molar-refractivity contribution in [2.75, 3.05) is 4.90 Å². The number of aromatic nitrogens is 1. The Labute approximate surface area is 248 Å². The summed E-state index contributed by atoms with van der Waals surface area (Å²) >= 11 is 1.79. The fourth-order valence-corrected chi connectivity index (χ4v) is 6.97. The standard InChI is InChI=1S/C39H26N2S/c1-2-8-27(9-3-1)28-15-19-31(20-16-28)41(33-23-24-36-38(26-33)42-37-14-7-25-40-39(36)37)32-21-17-30(18-22-32)35-13-6-11-29-10-4-5-12-34(29)35/h1-26H. The first kappa shape index (κ1) is 24.5. The molecule has 0 aliphatic rings. The summed E-state index contributed by atoms with van der Waals surface area (Å²) in [7, 11) is 0. The molecule has 0 aliphatic heterocycles. The van der Waals surface area contributed by atoms with E-state index >= 15 is 0 Å². The van der Waals surface area contributed by atoms with E-state index in [9.17, 15) is 0 Å². The molecule has 3 heteroatoms. The summed E-state index contributed by atoms with van der Waals surface area (Å²) in [5.41, 5.74) is 9.31. The van der Waals surface area contributed by atoms with Crippen molar-refractivity contribution >= 4 is 59.5 Å². The maximum Gasteiger partial charge on any atom is 0.0888 e. The molecule has 0 fully saturated rings. The molecule has 0 saturated heterocycles. The zero-order valence-corrected chi connectivity index (χ0v) is 23.6. The van der Waals surface area contributed by atoms with Crippen LogP contribution in [-0.4, -0.2) is 4.98 Å². The van der Waals surface area contributed by atoms with Crippen LogP contribution in [0.3, 0.4) is 0 Å². The van der Waals surface area contributed by atoms with Crippen LogP contribution in [0.15, 0.2) is 158 Å². The van der Waals surface area contributed by atoms with Gasteiger partial charge in [0.15, 0.2) is 0 Å². The van der Waals surface area contributed by atoms with Crippen LogP contribution in [-0.2, 0) is 0 Å². The lowest BCUT2D eigenvalue weighted by Crippen LogP contribution is -2.09. The molecule has 0 atom stereocenters. The van der Waals surface area contributed by atoms with Gasteiger partial charge >= 0.3 is 0 Å². The average molecular weight is 555 g/mol. The zero-order valence-electron chi connectivity index (χ0n) is 22.8. The molecule has 2 nitrogen and oxygen atoms in total. The lowest BCUT2D eigenvalue weighted by atomic mass is 9.98. The monoisotopic (exact) mass is 554 g/mol. The van der Waals surface area contributed by atoms with Crippen LogP contribution in [0.2, 0.25) is 0 Å². The van der Waals surface area contributed by atoms with E-state index in [2.05, 4.69) is 155 Å². The highest BCUT2D eigenvalue weighted by Gasteiger charge is 2.16. The van der Waals surface area contributed by atoms with Gasteiger partial charge in [0.05, 0.1) is 10.2 Å². The van der Waals surface area contributed by atoms with Gasteiger partial charge in [-0.15, -0.1) is 11.3 Å². The third-order valence-corrected chi connectivity index (χ3v) is 9.03. The Bertz CT molecular complexity index is 2170. The molecule has 198 valence electrons. The zero-order chi connectivity index (χ0) is 27.9. The third kappa shape index (κ3) is 4.32. The smallest absolute Gasteiger partial charge is 0.0888 e. The summed E-state index contributed by atoms with van der Waals surface area (Å²) in [5, 5.41) is 3.72. The lowest BCUT2D eigenvalue weighted by Gasteiger charge is -2.26. The van der Waals surface area contributed by atoms with Crippen LogP contribution >= 0.6 is 11.3 Å². The summed E-state index contributed by atoms with van der Waals surface area (Å²) in [6.45, 7) is 0. The second-order valence-corrected chi connectivity index (χ2v) is 11.5. The Morgan fingerprint density at radius 2 is 1.12 bits per heavy atom. The van der Waals surface area contributed by atoms with E-state index < -0.39 is 0 Å². The molecule has 8 rings (SSSR count). The average Bonchev–Trinajstić information content (AvgIpc) is 3.44. The number of thiophene rings is 1. The predicted octanol–water partition coefficient (Wildman–Crippen LogP) is 11.4. The summed E-state index contributed by atoms with van der Waals surface area (Å²) in [6.07, 6.45) is 1.88. The lowest BCUT2D eigenvalue weighted by molar-refractivity contribution is 1.29. The van der Waals surface area contributed by atoms with Gasteiger partial charge in [-0.25, -0.2) is 0 Å². The Kier molecular flexibility index (Phi) is 6.02. The van der Waals surface area contributed by atoms with E-state index in [0.717, 1.165) is 22.6 Å². The van der Waals surface area contributed by atoms with E-state index in [4.69, 9.17) is 0 Å². The Hall–Kier alpha value is -5.25. The van der Waals surface area contributed by atoms with Crippen LogP contribution in [0.4, 0.5) is 17.1 Å². The summed E-state index contributed by atoms with van der Waals surface area (Å²) < 4.78 is 2.45. The quantitative estimate of drug-likeness (QED) is 0.210. The number of nitrogens with zero attached hydrogens (tertiary/aromatic N) is 2. The third-order valence-electron chi connectivity index (χ3n) is 7.93. The maximum atomic E-state index is 4.66. The molecule has 8 aromatic rings. The van der Waals surface area contributed by atoms with Crippen molar-refractivity contribution in [1.82, 2.24) is 4.98 Å². The number of pyridine rings is 1. The molecule has 0 amide bonds. The van der Waals surface area contributed by atoms with Crippen molar-refractivity contribution in [3.05, 3.63) is 158 Å². The van der Waals surface area contributed by atoms with Gasteiger partial charge in [0.25, 0.3) is 0 Å². The fourth-order valence-electron chi connectivity index (χ4n) is 5.87. The molecule has 0 radical (unpaired) electrons. The number of fused-ring (bicyclic) bond motifs is 4. The second-order valence-electron chi connectivity index (χ2n) is 10.5. The first-order valence-corrected chi connectivity index (χ1v) is 14.9. The molecule has 2 aromatic heterocycles. The van der Waals surface area contributed by atoms with Crippen LogP contribution in [0.25, 0.3) is 53.3 Å². The number of rotatable bonds is 5. The number of anilines is 3. The van der Waals surface area contributed by atoms with Crippen molar-refractivity contribution in [1.29, 1.82) is 0 Å². The van der Waals surface area contributed by atoms with Gasteiger partial charge in [-0.1, -0.05) is 97.1 Å². The normalized spacial score (nSPS) is 11.3. The van der Waals surface area contributed by atoms with Crippen LogP contribution in [0, 0.1) is 0 Å². The summed E-state index contributed by atoms with van der Waals surface area (Å²) in [6, 6.07) is 54.4. The Morgan fingerprint density at radius 1 is 0.452 bits per heavy atom. The number of hydrogen-bond donors (Lipinski definition) is 0. The van der Waals surface area contributed by atoms with Crippen molar-refractivity contribution in [3.63, 3.8) is 0 Å². The summed E-state index contributed by atoms with van der Waals surface area (Å²) in [4.78, 5) is 7.00. The van der Waals surface area contributed by atoms with Crippen LogP contribution in [0.1, 0.15) is 0 Å². The topological polar surface area (TPSA) is 16.1 Å². The minimum absolute atomic E-state index is 1.07. The van der Waals surface area contributed by atoms with Crippen molar-refractivity contribution in [2.24, 2.45) is 0 Å². The minimum Gasteiger partial charge on any atom is -0.310 e. The van der Waals surface area contributed by atoms with Crippen LogP contribution < -0.4 is 4.90 Å². The molecule has 2 heterocycles. The highest BCUT2D eigenvalue weighted by atomic mass is 32.1. The highest BCUT2D eigenvalue weighted by molar-refractivity contribution is 7.25. The van der Waals surface area contributed by atoms with E-state index in [1.165, 1.54) is 47.8 Å². The number of hydrogen-bond acceptors (Lipinski definition) is 3. The molecule has 0 spiro atoms. The molecular formula is C39H26N2S. The SMILES string of the molecule is c1ccc(-c2ccc(N(c3ccc(-c4cccc5ccccc45)cc3)c3ccc4c(c3)sc3cccnc34)cc2)cc1. The molecule has 6 aromatic carbocycles. The van der Waals surface area contributed by atoms with Crippen molar-refractivity contribution < 1.29 is 0 Å². The van der Waals surface area contributed by atoms with E-state index in [0.29, 0.717) is 0 Å². The minimum atomic E-state index is 1.07. The summed E-state index contributed by atoms with van der Waals surface area (Å²) in [5.74, 6) is 0. The fraction of sp³-hybridized carbons (Fsp3) is 0. The first-order chi connectivity index (χ1) is 20.8. The molecule has 0 bridgehead atoms. The Balaban J connectivity index is 1.24. The Morgan fingerprint density at radius 3 is 1.93 bits per heavy atom. The highest BCUT2D eigenvalue weighted by Crippen LogP contribution is 2.41. The molecule has 0 N–H and O–H groups in total. The van der Waals surface area contributed by atoms with E-state index in [1.807, 2.05) is 12.3 Å². The van der Waals surface area contributed by atoms with Crippen molar-refractivity contribution in [2.45, 2.75) is 0 Å². The van der Waals surface area contributed by atoms with Crippen LogP contribution in [0.5, 0.6) is 0 Å². The van der Waals surface area contributed by atoms with Gasteiger partial charge in [-0.3, -0.25) is 4.98 Å². The van der Waals surface area contributed by atoms with E-state index in [1.54, 1.807) is 11.3 Å². The molecule has 0 saturated carbocycles. The van der Waals surface area contributed by atoms with Gasteiger partial charge in [0, 0.05) is 33.3 Å². The largest absolute Gasteiger partial charge is 0.310 e. The molecular weight excluding hydrogens is 529 g/mol. The predicted molar refractivity (Wildman–Crippen MR) is 180 cm³/mol. The molecule has 0 aliphatic carbocycles. The number of benzene rings is 6. The van der Waals surface area contributed by atoms with Gasteiger partial charge in [-0.05, 0) is 87.6 Å². The maximum absolute atomic E-state index is 4.66. The van der Waals surface area contributed by atoms with Gasteiger partial charge < -0.3 is 4.90 Å². The van der Waals surface area contributed by atoms with Gasteiger partial charge in [0.2, 0.25) is 0 Å². The molecule has 42 heavy (non-hydrogen) atoms. The first-order valence-electron chi connectivity index (χ1n) is 14.1. The molecule has 0 unspecified atom stereocenters. The van der Waals surface area contributed by atoms with Gasteiger partial charge in [-0.2, -0.15) is 0 Å².